The summed E-state index contributed by atoms with van der Waals surface area (Å²) in [6, 6.07) is 14.7. The third kappa shape index (κ3) is 2.47. The molecule has 0 N–H and O–H groups in total. The van der Waals surface area contributed by atoms with Crippen LogP contribution in [0.3, 0.4) is 0 Å². The predicted molar refractivity (Wildman–Crippen MR) is 70.0 cm³/mol. The topological polar surface area (TPSA) is 0 Å². The van der Waals surface area contributed by atoms with E-state index < -0.39 is 0 Å². The Kier molecular flexibility index (Phi) is 4.11. The highest BCUT2D eigenvalue weighted by molar-refractivity contribution is 5.92. The van der Waals surface area contributed by atoms with Gasteiger partial charge in [0, 0.05) is 0 Å². The van der Waals surface area contributed by atoms with Crippen LogP contribution in [-0.4, -0.2) is 0 Å². The molecule has 0 heterocycles. The normalized spacial score (nSPS) is 9.27. The van der Waals surface area contributed by atoms with Gasteiger partial charge in [0.1, 0.15) is 0 Å². The average Bonchev–Trinajstić information content (AvgIpc) is 2.31. The van der Waals surface area contributed by atoms with E-state index in [4.69, 9.17) is 0 Å². The fraction of sp³-hybridized carbons (Fsp3) is 0.200. The van der Waals surface area contributed by atoms with E-state index in [0.29, 0.717) is 0 Å². The summed E-state index contributed by atoms with van der Waals surface area (Å²) in [7, 11) is 0. The molecule has 0 radical (unpaired) electrons. The largest absolute Gasteiger partial charge is 0.0955 e. The van der Waals surface area contributed by atoms with Crippen LogP contribution in [0.5, 0.6) is 0 Å². The Balaban J connectivity index is 0.000000531. The van der Waals surface area contributed by atoms with Gasteiger partial charge in [-0.05, 0) is 23.3 Å². The Morgan fingerprint density at radius 1 is 0.933 bits per heavy atom. The van der Waals surface area contributed by atoms with Crippen LogP contribution in [0.4, 0.5) is 0 Å². The summed E-state index contributed by atoms with van der Waals surface area (Å²) in [4.78, 5) is 0. The smallest absolute Gasteiger partial charge is 0.0109 e. The lowest BCUT2D eigenvalue weighted by Crippen LogP contribution is -1.80. The summed E-state index contributed by atoms with van der Waals surface area (Å²) in [5.41, 5.74) is 2.37. The molecule has 0 aliphatic rings. The fourth-order valence-electron chi connectivity index (χ4n) is 1.60. The van der Waals surface area contributed by atoms with Crippen molar-refractivity contribution in [2.75, 3.05) is 0 Å². The Hall–Kier alpha value is -1.56. The van der Waals surface area contributed by atoms with Crippen molar-refractivity contribution in [2.24, 2.45) is 0 Å². The van der Waals surface area contributed by atoms with Gasteiger partial charge in [-0.25, -0.2) is 0 Å². The maximum absolute atomic E-state index is 3.98. The van der Waals surface area contributed by atoms with Crippen LogP contribution in [0.25, 0.3) is 16.3 Å². The molecule has 0 heteroatoms. The van der Waals surface area contributed by atoms with Gasteiger partial charge in [-0.3, -0.25) is 0 Å². The first-order valence-corrected chi connectivity index (χ1v) is 5.42. The molecule has 0 atom stereocenters. The summed E-state index contributed by atoms with van der Waals surface area (Å²) in [6.07, 6.45) is 0. The molecule has 0 saturated carbocycles. The van der Waals surface area contributed by atoms with E-state index in [1.54, 1.807) is 0 Å². The lowest BCUT2D eigenvalue weighted by Gasteiger charge is -2.04. The monoisotopic (exact) mass is 198 g/mol. The summed E-state index contributed by atoms with van der Waals surface area (Å²) in [5, 5.41) is 2.57. The first-order chi connectivity index (χ1) is 7.29. The molecule has 0 bridgehead atoms. The minimum absolute atomic E-state index is 1.12. The molecule has 2 aromatic carbocycles. The SMILES string of the molecule is C=C(C)c1cccc2ccccc12.CC. The van der Waals surface area contributed by atoms with E-state index in [1.807, 2.05) is 20.8 Å². The summed E-state index contributed by atoms with van der Waals surface area (Å²) >= 11 is 0. The zero-order valence-corrected chi connectivity index (χ0v) is 9.75. The number of fused-ring (bicyclic) bond motifs is 1. The molecular weight excluding hydrogens is 180 g/mol. The maximum Gasteiger partial charge on any atom is -0.0109 e. The molecule has 0 amide bonds. The molecule has 78 valence electrons. The predicted octanol–water partition coefficient (Wildman–Crippen LogP) is 4.90. The molecule has 0 aliphatic heterocycles. The minimum atomic E-state index is 1.12. The van der Waals surface area contributed by atoms with E-state index in [9.17, 15) is 0 Å². The molecule has 2 aromatic rings. The lowest BCUT2D eigenvalue weighted by molar-refractivity contribution is 1.50. The van der Waals surface area contributed by atoms with Gasteiger partial charge in [0.05, 0.1) is 0 Å². The van der Waals surface area contributed by atoms with Crippen LogP contribution < -0.4 is 0 Å². The molecule has 0 aromatic heterocycles. The Labute approximate surface area is 92.3 Å². The van der Waals surface area contributed by atoms with Crippen molar-refractivity contribution >= 4 is 16.3 Å². The van der Waals surface area contributed by atoms with Crippen molar-refractivity contribution in [1.82, 2.24) is 0 Å². The van der Waals surface area contributed by atoms with Crippen molar-refractivity contribution in [2.45, 2.75) is 20.8 Å². The van der Waals surface area contributed by atoms with E-state index in [1.165, 1.54) is 16.3 Å². The number of rotatable bonds is 1. The van der Waals surface area contributed by atoms with Crippen LogP contribution in [0, 0.1) is 0 Å². The molecule has 15 heavy (non-hydrogen) atoms. The Bertz CT molecular complexity index is 447. The average molecular weight is 198 g/mol. The number of allylic oxidation sites excluding steroid dienone is 1. The molecular formula is C15H18. The summed E-state index contributed by atoms with van der Waals surface area (Å²) in [5.74, 6) is 0. The van der Waals surface area contributed by atoms with Crippen LogP contribution in [0.2, 0.25) is 0 Å². The van der Waals surface area contributed by atoms with E-state index >= 15 is 0 Å². The van der Waals surface area contributed by atoms with Gasteiger partial charge >= 0.3 is 0 Å². The van der Waals surface area contributed by atoms with Crippen LogP contribution >= 0.6 is 0 Å². The van der Waals surface area contributed by atoms with Crippen LogP contribution in [0.1, 0.15) is 26.3 Å². The van der Waals surface area contributed by atoms with Gasteiger partial charge in [0.25, 0.3) is 0 Å². The van der Waals surface area contributed by atoms with E-state index in [0.717, 1.165) is 5.57 Å². The lowest BCUT2D eigenvalue weighted by atomic mass is 10.0. The van der Waals surface area contributed by atoms with E-state index in [2.05, 4.69) is 49.0 Å². The number of hydrogen-bond acceptors (Lipinski definition) is 0. The van der Waals surface area contributed by atoms with Crippen LogP contribution in [-0.2, 0) is 0 Å². The molecule has 0 spiro atoms. The van der Waals surface area contributed by atoms with Crippen molar-refractivity contribution in [3.63, 3.8) is 0 Å². The quantitative estimate of drug-likeness (QED) is 0.611. The number of hydrogen-bond donors (Lipinski definition) is 0. The molecule has 0 nitrogen and oxygen atoms in total. The highest BCUT2D eigenvalue weighted by Crippen LogP contribution is 2.23. The zero-order chi connectivity index (χ0) is 11.3. The third-order valence-corrected chi connectivity index (χ3v) is 2.25. The van der Waals surface area contributed by atoms with Crippen molar-refractivity contribution < 1.29 is 0 Å². The minimum Gasteiger partial charge on any atom is -0.0955 e. The standard InChI is InChI=1S/C13H12.C2H6/c1-10(2)12-9-5-7-11-6-3-4-8-13(11)12;1-2/h3-9H,1H2,2H3;1-2H3. The molecule has 0 unspecified atom stereocenters. The number of benzene rings is 2. The van der Waals surface area contributed by atoms with Crippen LogP contribution in [0.15, 0.2) is 49.0 Å². The van der Waals surface area contributed by atoms with Crippen molar-refractivity contribution in [3.05, 3.63) is 54.6 Å². The zero-order valence-electron chi connectivity index (χ0n) is 9.75. The van der Waals surface area contributed by atoms with Gasteiger partial charge in [-0.2, -0.15) is 0 Å². The first kappa shape index (κ1) is 11.5. The Morgan fingerprint density at radius 2 is 1.53 bits per heavy atom. The summed E-state index contributed by atoms with van der Waals surface area (Å²) < 4.78 is 0. The molecule has 0 fully saturated rings. The van der Waals surface area contributed by atoms with Gasteiger partial charge < -0.3 is 0 Å². The van der Waals surface area contributed by atoms with Gasteiger partial charge in [0.2, 0.25) is 0 Å². The first-order valence-electron chi connectivity index (χ1n) is 5.42. The summed E-state index contributed by atoms with van der Waals surface area (Å²) in [6.45, 7) is 10.0. The second kappa shape index (κ2) is 5.35. The maximum atomic E-state index is 3.98. The highest BCUT2D eigenvalue weighted by atomic mass is 14.0. The Morgan fingerprint density at radius 3 is 2.20 bits per heavy atom. The molecule has 0 aliphatic carbocycles. The molecule has 2 rings (SSSR count). The van der Waals surface area contributed by atoms with Gasteiger partial charge in [-0.15, -0.1) is 0 Å². The van der Waals surface area contributed by atoms with Gasteiger partial charge in [0.15, 0.2) is 0 Å². The molecule has 0 saturated heterocycles. The second-order valence-corrected chi connectivity index (χ2v) is 3.31. The van der Waals surface area contributed by atoms with Gasteiger partial charge in [-0.1, -0.05) is 68.5 Å². The van der Waals surface area contributed by atoms with E-state index in [-0.39, 0.29) is 0 Å². The second-order valence-electron chi connectivity index (χ2n) is 3.31. The fourth-order valence-corrected chi connectivity index (χ4v) is 1.60. The van der Waals surface area contributed by atoms with Crippen molar-refractivity contribution in [1.29, 1.82) is 0 Å². The highest BCUT2D eigenvalue weighted by Gasteiger charge is 1.98. The third-order valence-electron chi connectivity index (χ3n) is 2.25. The van der Waals surface area contributed by atoms with Crippen molar-refractivity contribution in [3.8, 4) is 0 Å².